The van der Waals surface area contributed by atoms with Crippen LogP contribution in [-0.2, 0) is 19.1 Å². The Morgan fingerprint density at radius 1 is 1.23 bits per heavy atom. The van der Waals surface area contributed by atoms with Gasteiger partial charge in [-0.2, -0.15) is 8.42 Å². The molecule has 4 rings (SSSR count). The van der Waals surface area contributed by atoms with Crippen LogP contribution in [0.2, 0.25) is 0 Å². The summed E-state index contributed by atoms with van der Waals surface area (Å²) in [5, 5.41) is 0. The Kier molecular flexibility index (Phi) is 3.09. The Balaban J connectivity index is 1.76. The fourth-order valence-electron chi connectivity index (χ4n) is 4.14. The lowest BCUT2D eigenvalue weighted by Gasteiger charge is -2.29. The average molecular weight is 336 g/mol. The molecule has 4 nitrogen and oxygen atoms in total. The van der Waals surface area contributed by atoms with Crippen molar-refractivity contribution >= 4 is 27.7 Å². The summed E-state index contributed by atoms with van der Waals surface area (Å²) in [7, 11) is -3.60. The molecule has 1 unspecified atom stereocenters. The molecule has 2 saturated carbocycles. The molecule has 22 heavy (non-hydrogen) atoms. The van der Waals surface area contributed by atoms with E-state index in [1.54, 1.807) is 0 Å². The zero-order chi connectivity index (χ0) is 15.5. The smallest absolute Gasteiger partial charge is 0.264 e. The van der Waals surface area contributed by atoms with Gasteiger partial charge in [-0.3, -0.25) is 8.98 Å². The quantitative estimate of drug-likeness (QED) is 0.623. The van der Waals surface area contributed by atoms with Crippen molar-refractivity contribution in [2.75, 3.05) is 6.26 Å². The van der Waals surface area contributed by atoms with Crippen LogP contribution in [0, 0.1) is 17.8 Å². The van der Waals surface area contributed by atoms with Crippen LogP contribution in [0.25, 0.3) is 0 Å². The highest BCUT2D eigenvalue weighted by atomic mass is 32.2. The molecule has 0 amide bonds. The van der Waals surface area contributed by atoms with Gasteiger partial charge in [0.05, 0.1) is 6.26 Å². The Morgan fingerprint density at radius 2 is 1.95 bits per heavy atom. The fourth-order valence-corrected chi connectivity index (χ4v) is 6.42. The first-order valence-corrected chi connectivity index (χ1v) is 9.89. The maximum Gasteiger partial charge on any atom is 0.264 e. The third-order valence-electron chi connectivity index (χ3n) is 4.86. The molecular formula is C16H16O4S2. The summed E-state index contributed by atoms with van der Waals surface area (Å²) in [6.07, 6.45) is 5.16. The topological polar surface area (TPSA) is 60.4 Å². The number of fused-ring (bicyclic) bond motifs is 1. The number of hydrogen-bond acceptors (Lipinski definition) is 5. The van der Waals surface area contributed by atoms with E-state index >= 15 is 0 Å². The van der Waals surface area contributed by atoms with Crippen molar-refractivity contribution in [1.82, 2.24) is 0 Å². The minimum absolute atomic E-state index is 0.0292. The highest BCUT2D eigenvalue weighted by molar-refractivity contribution is 8.01. The third kappa shape index (κ3) is 2.01. The van der Waals surface area contributed by atoms with E-state index in [1.165, 1.54) is 11.8 Å². The van der Waals surface area contributed by atoms with Gasteiger partial charge in [-0.05, 0) is 24.5 Å². The van der Waals surface area contributed by atoms with Crippen molar-refractivity contribution in [3.8, 4) is 0 Å². The van der Waals surface area contributed by atoms with Crippen molar-refractivity contribution in [3.05, 3.63) is 42.5 Å². The largest absolute Gasteiger partial charge is 0.297 e. The van der Waals surface area contributed by atoms with Gasteiger partial charge in [0.2, 0.25) is 0 Å². The second-order valence-corrected chi connectivity index (χ2v) is 9.25. The van der Waals surface area contributed by atoms with Crippen molar-refractivity contribution in [1.29, 1.82) is 0 Å². The van der Waals surface area contributed by atoms with Gasteiger partial charge in [0, 0.05) is 16.7 Å². The molecule has 0 heterocycles. The lowest BCUT2D eigenvalue weighted by atomic mass is 9.86. The predicted octanol–water partition coefficient (Wildman–Crippen LogP) is 2.27. The molecule has 3 aliphatic rings. The van der Waals surface area contributed by atoms with Gasteiger partial charge in [-0.1, -0.05) is 30.4 Å². The predicted molar refractivity (Wildman–Crippen MR) is 84.0 cm³/mol. The fraction of sp³-hybridized carbons (Fsp3) is 0.438. The SMILES string of the molecule is CS(=O)(=O)OC1[C@H]2[C@@H]3C=C[C@H]2C(=O)[C@@]1(Sc1ccccc1)C3. The van der Waals surface area contributed by atoms with Gasteiger partial charge in [0.25, 0.3) is 10.1 Å². The van der Waals surface area contributed by atoms with Crippen LogP contribution in [0.3, 0.4) is 0 Å². The number of hydrogen-bond donors (Lipinski definition) is 0. The first kappa shape index (κ1) is 14.5. The average Bonchev–Trinajstić information content (AvgIpc) is 2.99. The summed E-state index contributed by atoms with van der Waals surface area (Å²) < 4.78 is 28.0. The van der Waals surface area contributed by atoms with Crippen molar-refractivity contribution in [3.63, 3.8) is 0 Å². The van der Waals surface area contributed by atoms with E-state index in [-0.39, 0.29) is 23.5 Å². The summed E-state index contributed by atoms with van der Waals surface area (Å²) in [4.78, 5) is 13.9. The lowest BCUT2D eigenvalue weighted by molar-refractivity contribution is -0.123. The normalized spacial score (nSPS) is 38.9. The van der Waals surface area contributed by atoms with E-state index in [9.17, 15) is 13.2 Å². The Hall–Kier alpha value is -1.11. The highest BCUT2D eigenvalue weighted by Crippen LogP contribution is 2.64. The van der Waals surface area contributed by atoms with Crippen molar-refractivity contribution < 1.29 is 17.4 Å². The summed E-state index contributed by atoms with van der Waals surface area (Å²) >= 11 is 1.47. The van der Waals surface area contributed by atoms with Gasteiger partial charge in [0.1, 0.15) is 10.9 Å². The monoisotopic (exact) mass is 336 g/mol. The van der Waals surface area contributed by atoms with Gasteiger partial charge >= 0.3 is 0 Å². The molecule has 116 valence electrons. The van der Waals surface area contributed by atoms with Gasteiger partial charge in [-0.15, -0.1) is 11.8 Å². The molecule has 6 heteroatoms. The Labute approximate surface area is 134 Å². The summed E-state index contributed by atoms with van der Waals surface area (Å²) in [5.74, 6) is 0.135. The maximum absolute atomic E-state index is 12.9. The van der Waals surface area contributed by atoms with Crippen LogP contribution in [0.1, 0.15) is 6.42 Å². The van der Waals surface area contributed by atoms with Crippen LogP contribution in [0.4, 0.5) is 0 Å². The zero-order valence-corrected chi connectivity index (χ0v) is 13.6. The van der Waals surface area contributed by atoms with E-state index in [1.807, 2.05) is 36.4 Å². The summed E-state index contributed by atoms with van der Waals surface area (Å²) in [6.45, 7) is 0. The molecule has 0 radical (unpaired) electrons. The second kappa shape index (κ2) is 4.69. The third-order valence-corrected chi connectivity index (χ3v) is 6.89. The van der Waals surface area contributed by atoms with Crippen LogP contribution in [0.15, 0.2) is 47.4 Å². The number of rotatable bonds is 4. The molecule has 0 aromatic heterocycles. The minimum Gasteiger partial charge on any atom is -0.297 e. The van der Waals surface area contributed by atoms with E-state index < -0.39 is 21.0 Å². The van der Waals surface area contributed by atoms with E-state index in [4.69, 9.17) is 4.18 Å². The number of carbonyl (C=O) groups is 1. The Morgan fingerprint density at radius 3 is 2.64 bits per heavy atom. The second-order valence-electron chi connectivity index (χ2n) is 6.25. The number of thioether (sulfide) groups is 1. The molecule has 1 aromatic carbocycles. The molecule has 0 N–H and O–H groups in total. The Bertz CT molecular complexity index is 756. The first-order valence-electron chi connectivity index (χ1n) is 7.26. The first-order chi connectivity index (χ1) is 10.4. The van der Waals surface area contributed by atoms with Gasteiger partial charge < -0.3 is 0 Å². The number of benzene rings is 1. The van der Waals surface area contributed by atoms with E-state index in [2.05, 4.69) is 6.08 Å². The van der Waals surface area contributed by atoms with Gasteiger partial charge in [-0.25, -0.2) is 0 Å². The number of ketones is 1. The lowest BCUT2D eigenvalue weighted by Crippen LogP contribution is -2.41. The molecule has 2 fully saturated rings. The molecule has 0 saturated heterocycles. The van der Waals surface area contributed by atoms with E-state index in [0.29, 0.717) is 6.42 Å². The molecule has 2 bridgehead atoms. The van der Waals surface area contributed by atoms with Crippen LogP contribution in [-0.4, -0.2) is 31.3 Å². The molecule has 0 aliphatic heterocycles. The molecule has 0 spiro atoms. The standard InChI is InChI=1S/C16H16O4S2/c1-22(18,19)20-15-13-10-7-8-12(13)14(17)16(15,9-10)21-11-5-3-2-4-6-11/h2-8,10,12-13,15H,9H2,1H3/t10-,12-,13+,15?,16+/m1/s1. The van der Waals surface area contributed by atoms with Crippen LogP contribution < -0.4 is 0 Å². The molecule has 1 aromatic rings. The summed E-state index contributed by atoms with van der Waals surface area (Å²) in [6, 6.07) is 9.66. The molecule has 3 aliphatic carbocycles. The van der Waals surface area contributed by atoms with Crippen molar-refractivity contribution in [2.45, 2.75) is 22.2 Å². The van der Waals surface area contributed by atoms with E-state index in [0.717, 1.165) is 11.2 Å². The maximum atomic E-state index is 12.9. The van der Waals surface area contributed by atoms with Gasteiger partial charge in [0.15, 0.2) is 5.78 Å². The number of carbonyl (C=O) groups excluding carboxylic acids is 1. The van der Waals surface area contributed by atoms with Crippen LogP contribution in [0.5, 0.6) is 0 Å². The molecule has 5 atom stereocenters. The summed E-state index contributed by atoms with van der Waals surface area (Å²) in [5.41, 5.74) is 0. The van der Waals surface area contributed by atoms with Crippen LogP contribution >= 0.6 is 11.8 Å². The van der Waals surface area contributed by atoms with Crippen molar-refractivity contribution in [2.24, 2.45) is 17.8 Å². The highest BCUT2D eigenvalue weighted by Gasteiger charge is 2.70. The number of Topliss-reactive ketones (excluding diaryl/α,β-unsaturated/α-hetero) is 1. The minimum atomic E-state index is -3.60. The number of allylic oxidation sites excluding steroid dienone is 2. The zero-order valence-electron chi connectivity index (χ0n) is 12.0. The molecular weight excluding hydrogens is 320 g/mol.